The molecule has 0 aliphatic heterocycles. The van der Waals surface area contributed by atoms with E-state index in [1.165, 1.54) is 16.7 Å². The van der Waals surface area contributed by atoms with Gasteiger partial charge in [-0.1, -0.05) is 67.3 Å². The molecule has 1 aromatic carbocycles. The smallest absolute Gasteiger partial charge is 0.0154 e. The van der Waals surface area contributed by atoms with Crippen LogP contribution in [0, 0.1) is 0 Å². The van der Waals surface area contributed by atoms with Gasteiger partial charge in [0.2, 0.25) is 0 Å². The fraction of sp³-hybridized carbons (Fsp3) is 0.125. The molecule has 16 heavy (non-hydrogen) atoms. The van der Waals surface area contributed by atoms with Crippen molar-refractivity contribution in [3.63, 3.8) is 0 Å². The SMILES string of the molecule is C=C/C=C(\C=C/C)C(=C\C)/c1ccccc1. The van der Waals surface area contributed by atoms with Gasteiger partial charge in [-0.2, -0.15) is 0 Å². The molecule has 0 spiro atoms. The third-order valence-electron chi connectivity index (χ3n) is 2.33. The molecule has 0 saturated carbocycles. The van der Waals surface area contributed by atoms with E-state index in [1.54, 1.807) is 0 Å². The molecule has 0 atom stereocenters. The van der Waals surface area contributed by atoms with Gasteiger partial charge < -0.3 is 0 Å². The van der Waals surface area contributed by atoms with Gasteiger partial charge >= 0.3 is 0 Å². The average Bonchev–Trinajstić information content (AvgIpc) is 2.32. The van der Waals surface area contributed by atoms with E-state index in [-0.39, 0.29) is 0 Å². The quantitative estimate of drug-likeness (QED) is 0.627. The lowest BCUT2D eigenvalue weighted by molar-refractivity contribution is 1.54. The first kappa shape index (κ1) is 12.3. The van der Waals surface area contributed by atoms with E-state index in [1.807, 2.05) is 31.2 Å². The first-order valence-electron chi connectivity index (χ1n) is 5.51. The predicted octanol–water partition coefficient (Wildman–Crippen LogP) is 4.78. The van der Waals surface area contributed by atoms with Crippen LogP contribution in [0.15, 0.2) is 72.9 Å². The van der Waals surface area contributed by atoms with Crippen LogP contribution in [0.5, 0.6) is 0 Å². The monoisotopic (exact) mass is 210 g/mol. The molecule has 0 aliphatic carbocycles. The molecule has 0 aromatic heterocycles. The van der Waals surface area contributed by atoms with E-state index < -0.39 is 0 Å². The van der Waals surface area contributed by atoms with Gasteiger partial charge in [-0.3, -0.25) is 0 Å². The maximum absolute atomic E-state index is 3.76. The number of hydrogen-bond donors (Lipinski definition) is 0. The Morgan fingerprint density at radius 1 is 1.12 bits per heavy atom. The summed E-state index contributed by atoms with van der Waals surface area (Å²) in [4.78, 5) is 0. The lowest BCUT2D eigenvalue weighted by Crippen LogP contribution is -1.86. The van der Waals surface area contributed by atoms with E-state index in [4.69, 9.17) is 0 Å². The van der Waals surface area contributed by atoms with Crippen molar-refractivity contribution in [3.8, 4) is 0 Å². The molecule has 0 amide bonds. The van der Waals surface area contributed by atoms with E-state index in [9.17, 15) is 0 Å². The van der Waals surface area contributed by atoms with Crippen molar-refractivity contribution in [1.29, 1.82) is 0 Å². The van der Waals surface area contributed by atoms with Crippen molar-refractivity contribution in [1.82, 2.24) is 0 Å². The molecule has 0 saturated heterocycles. The summed E-state index contributed by atoms with van der Waals surface area (Å²) < 4.78 is 0. The Balaban J connectivity index is 3.17. The van der Waals surface area contributed by atoms with Gasteiger partial charge in [0.25, 0.3) is 0 Å². The Morgan fingerprint density at radius 3 is 2.31 bits per heavy atom. The number of allylic oxidation sites excluding steroid dienone is 7. The molecule has 0 heterocycles. The molecule has 1 aromatic rings. The minimum absolute atomic E-state index is 1.19. The van der Waals surface area contributed by atoms with Gasteiger partial charge in [0.05, 0.1) is 0 Å². The van der Waals surface area contributed by atoms with Crippen molar-refractivity contribution in [2.45, 2.75) is 13.8 Å². The summed E-state index contributed by atoms with van der Waals surface area (Å²) in [6, 6.07) is 10.4. The molecule has 0 N–H and O–H groups in total. The Hall–Kier alpha value is -1.82. The number of benzene rings is 1. The Kier molecular flexibility index (Phi) is 5.07. The zero-order valence-corrected chi connectivity index (χ0v) is 9.98. The molecule has 0 nitrogen and oxygen atoms in total. The largest absolute Gasteiger partial charge is 0.0990 e. The zero-order valence-electron chi connectivity index (χ0n) is 9.98. The third-order valence-corrected chi connectivity index (χ3v) is 2.33. The van der Waals surface area contributed by atoms with Crippen LogP contribution in [0.2, 0.25) is 0 Å². The fourth-order valence-electron chi connectivity index (χ4n) is 1.66. The summed E-state index contributed by atoms with van der Waals surface area (Å²) in [5.74, 6) is 0. The third kappa shape index (κ3) is 3.09. The molecule has 0 fully saturated rings. The Bertz CT molecular complexity index is 417. The highest BCUT2D eigenvalue weighted by molar-refractivity contribution is 5.81. The molecule has 1 rings (SSSR count). The molecular formula is C16H18. The zero-order chi connectivity index (χ0) is 11.8. The van der Waals surface area contributed by atoms with Crippen LogP contribution in [-0.4, -0.2) is 0 Å². The fourth-order valence-corrected chi connectivity index (χ4v) is 1.66. The normalized spacial score (nSPS) is 13.1. The first-order chi connectivity index (χ1) is 7.83. The maximum Gasteiger partial charge on any atom is -0.0154 e. The van der Waals surface area contributed by atoms with Crippen molar-refractivity contribution in [2.75, 3.05) is 0 Å². The van der Waals surface area contributed by atoms with E-state index in [0.29, 0.717) is 0 Å². The molecule has 82 valence electrons. The minimum Gasteiger partial charge on any atom is -0.0990 e. The lowest BCUT2D eigenvalue weighted by Gasteiger charge is -2.08. The predicted molar refractivity (Wildman–Crippen MR) is 73.2 cm³/mol. The van der Waals surface area contributed by atoms with Crippen LogP contribution in [0.3, 0.4) is 0 Å². The highest BCUT2D eigenvalue weighted by Gasteiger charge is 2.02. The van der Waals surface area contributed by atoms with Gasteiger partial charge in [-0.15, -0.1) is 0 Å². The van der Waals surface area contributed by atoms with Gasteiger partial charge in [0.1, 0.15) is 0 Å². The van der Waals surface area contributed by atoms with Crippen LogP contribution in [0.4, 0.5) is 0 Å². The molecular weight excluding hydrogens is 192 g/mol. The van der Waals surface area contributed by atoms with Gasteiger partial charge in [-0.05, 0) is 30.6 Å². The summed E-state index contributed by atoms with van der Waals surface area (Å²) in [5.41, 5.74) is 3.65. The van der Waals surface area contributed by atoms with Crippen molar-refractivity contribution < 1.29 is 0 Å². The standard InChI is InChI=1S/C16H18/c1-4-10-14(11-5-2)16(6-3)15-12-8-7-9-13-15/h4-13H,1H2,2-3H3/b11-5-,14-10+,16-6+. The summed E-state index contributed by atoms with van der Waals surface area (Å²) in [7, 11) is 0. The molecule has 0 aliphatic rings. The average molecular weight is 210 g/mol. The highest BCUT2D eigenvalue weighted by atomic mass is 14.1. The van der Waals surface area contributed by atoms with E-state index in [0.717, 1.165) is 0 Å². The van der Waals surface area contributed by atoms with E-state index >= 15 is 0 Å². The second kappa shape index (κ2) is 6.62. The van der Waals surface area contributed by atoms with E-state index in [2.05, 4.69) is 49.9 Å². The first-order valence-corrected chi connectivity index (χ1v) is 5.51. The number of rotatable bonds is 4. The van der Waals surface area contributed by atoms with Gasteiger partial charge in [-0.25, -0.2) is 0 Å². The second-order valence-corrected chi connectivity index (χ2v) is 3.43. The van der Waals surface area contributed by atoms with Gasteiger partial charge in [0, 0.05) is 0 Å². The minimum atomic E-state index is 1.19. The molecule has 0 radical (unpaired) electrons. The van der Waals surface area contributed by atoms with Crippen LogP contribution in [-0.2, 0) is 0 Å². The molecule has 0 heteroatoms. The topological polar surface area (TPSA) is 0 Å². The summed E-state index contributed by atoms with van der Waals surface area (Å²) >= 11 is 0. The van der Waals surface area contributed by atoms with Crippen molar-refractivity contribution in [3.05, 3.63) is 78.4 Å². The summed E-state index contributed by atoms with van der Waals surface area (Å²) in [6.45, 7) is 7.84. The van der Waals surface area contributed by atoms with Crippen molar-refractivity contribution in [2.24, 2.45) is 0 Å². The molecule has 0 bridgehead atoms. The van der Waals surface area contributed by atoms with Crippen molar-refractivity contribution >= 4 is 5.57 Å². The van der Waals surface area contributed by atoms with Crippen LogP contribution >= 0.6 is 0 Å². The van der Waals surface area contributed by atoms with Gasteiger partial charge in [0.15, 0.2) is 0 Å². The second-order valence-electron chi connectivity index (χ2n) is 3.43. The maximum atomic E-state index is 3.76. The van der Waals surface area contributed by atoms with Crippen LogP contribution < -0.4 is 0 Å². The highest BCUT2D eigenvalue weighted by Crippen LogP contribution is 2.23. The number of hydrogen-bond acceptors (Lipinski definition) is 0. The molecule has 0 unspecified atom stereocenters. The Labute approximate surface area is 98.3 Å². The summed E-state index contributed by atoms with van der Waals surface area (Å²) in [5, 5.41) is 0. The van der Waals surface area contributed by atoms with Crippen LogP contribution in [0.1, 0.15) is 19.4 Å². The lowest BCUT2D eigenvalue weighted by atomic mass is 9.97. The Morgan fingerprint density at radius 2 is 1.81 bits per heavy atom. The van der Waals surface area contributed by atoms with Crippen LogP contribution in [0.25, 0.3) is 5.57 Å². The summed E-state index contributed by atoms with van der Waals surface area (Å²) in [6.07, 6.45) is 10.1.